The Bertz CT molecular complexity index is 200. The van der Waals surface area contributed by atoms with Crippen molar-refractivity contribution >= 4 is 0 Å². The molecule has 0 radical (unpaired) electrons. The van der Waals surface area contributed by atoms with Crippen LogP contribution in [-0.4, -0.2) is 80.3 Å². The summed E-state index contributed by atoms with van der Waals surface area (Å²) in [4.78, 5) is 0. The average Bonchev–Trinajstić information content (AvgIpc) is 2.50. The minimum atomic E-state index is 0.193. The molecule has 0 spiro atoms. The van der Waals surface area contributed by atoms with Gasteiger partial charge in [0.25, 0.3) is 0 Å². The fourth-order valence-corrected chi connectivity index (χ4v) is 1.46. The summed E-state index contributed by atoms with van der Waals surface area (Å²) in [6.07, 6.45) is 1.72. The van der Waals surface area contributed by atoms with Crippen LogP contribution < -0.4 is 0 Å². The van der Waals surface area contributed by atoms with Crippen molar-refractivity contribution in [1.82, 2.24) is 0 Å². The maximum atomic E-state index is 5.57. The topological polar surface area (TPSA) is 55.4 Å². The molecule has 126 valence electrons. The molecular formula is C15H30O6. The fraction of sp³-hybridized carbons (Fsp3) is 0.867. The number of hydrogen-bond donors (Lipinski definition) is 0. The van der Waals surface area contributed by atoms with Gasteiger partial charge in [-0.05, 0) is 0 Å². The predicted octanol–water partition coefficient (Wildman–Crippen LogP) is 1.15. The van der Waals surface area contributed by atoms with Gasteiger partial charge in [0.05, 0.1) is 66.1 Å². The van der Waals surface area contributed by atoms with Crippen LogP contribution >= 0.6 is 0 Å². The molecule has 0 fully saturated rings. The highest BCUT2D eigenvalue weighted by Gasteiger charge is 2.10. The molecule has 0 aromatic heterocycles. The Morgan fingerprint density at radius 1 is 0.714 bits per heavy atom. The van der Waals surface area contributed by atoms with Crippen molar-refractivity contribution in [3.63, 3.8) is 0 Å². The lowest BCUT2D eigenvalue weighted by molar-refractivity contribution is -0.0308. The summed E-state index contributed by atoms with van der Waals surface area (Å²) in [7, 11) is 3.31. The van der Waals surface area contributed by atoms with Crippen molar-refractivity contribution in [3.8, 4) is 0 Å². The summed E-state index contributed by atoms with van der Waals surface area (Å²) in [5.74, 6) is 0.193. The first-order chi connectivity index (χ1) is 10.3. The minimum absolute atomic E-state index is 0.193. The van der Waals surface area contributed by atoms with E-state index in [0.717, 1.165) is 0 Å². The third kappa shape index (κ3) is 15.7. The van der Waals surface area contributed by atoms with Gasteiger partial charge in [0, 0.05) is 20.1 Å². The smallest absolute Gasteiger partial charge is 0.0704 e. The molecule has 0 atom stereocenters. The van der Waals surface area contributed by atoms with E-state index in [1.165, 1.54) is 0 Å². The van der Waals surface area contributed by atoms with Gasteiger partial charge < -0.3 is 28.4 Å². The second kappa shape index (κ2) is 17.6. The Morgan fingerprint density at radius 2 is 1.14 bits per heavy atom. The average molecular weight is 306 g/mol. The molecule has 21 heavy (non-hydrogen) atoms. The van der Waals surface area contributed by atoms with Gasteiger partial charge in [-0.1, -0.05) is 6.08 Å². The van der Waals surface area contributed by atoms with Crippen molar-refractivity contribution in [1.29, 1.82) is 0 Å². The molecule has 0 unspecified atom stereocenters. The van der Waals surface area contributed by atoms with E-state index in [-0.39, 0.29) is 5.92 Å². The van der Waals surface area contributed by atoms with E-state index in [1.54, 1.807) is 20.3 Å². The lowest BCUT2D eigenvalue weighted by atomic mass is 10.2. The molecule has 0 saturated heterocycles. The third-order valence-corrected chi connectivity index (χ3v) is 2.53. The highest BCUT2D eigenvalue weighted by atomic mass is 16.5. The number of rotatable bonds is 17. The van der Waals surface area contributed by atoms with Gasteiger partial charge in [0.2, 0.25) is 0 Å². The second-order valence-electron chi connectivity index (χ2n) is 4.44. The zero-order valence-corrected chi connectivity index (χ0v) is 13.4. The molecule has 0 aliphatic rings. The number of ether oxygens (including phenoxy) is 6. The standard InChI is InChI=1S/C15H30O6/c1-4-5-18-10-11-21-14-15(12-19-8-6-16-2)13-20-9-7-17-3/h4,15H,1,5-14H2,2-3H3. The van der Waals surface area contributed by atoms with Crippen LogP contribution in [0.4, 0.5) is 0 Å². The number of hydrogen-bond acceptors (Lipinski definition) is 6. The van der Waals surface area contributed by atoms with Crippen molar-refractivity contribution in [2.75, 3.05) is 80.3 Å². The highest BCUT2D eigenvalue weighted by Crippen LogP contribution is 2.01. The van der Waals surface area contributed by atoms with Crippen molar-refractivity contribution < 1.29 is 28.4 Å². The first-order valence-electron chi connectivity index (χ1n) is 7.24. The van der Waals surface area contributed by atoms with Crippen molar-refractivity contribution in [3.05, 3.63) is 12.7 Å². The van der Waals surface area contributed by atoms with Crippen LogP contribution in [0.5, 0.6) is 0 Å². The minimum Gasteiger partial charge on any atom is -0.382 e. The summed E-state index contributed by atoms with van der Waals surface area (Å²) in [5, 5.41) is 0. The van der Waals surface area contributed by atoms with Crippen LogP contribution in [0.1, 0.15) is 0 Å². The van der Waals surface area contributed by atoms with Crippen LogP contribution in [0.2, 0.25) is 0 Å². The normalized spacial score (nSPS) is 11.2. The van der Waals surface area contributed by atoms with Gasteiger partial charge >= 0.3 is 0 Å². The maximum Gasteiger partial charge on any atom is 0.0704 e. The van der Waals surface area contributed by atoms with E-state index in [1.807, 2.05) is 0 Å². The molecule has 0 N–H and O–H groups in total. The summed E-state index contributed by atoms with van der Waals surface area (Å²) in [5.41, 5.74) is 0. The molecule has 0 aliphatic heterocycles. The second-order valence-corrected chi connectivity index (χ2v) is 4.44. The van der Waals surface area contributed by atoms with Crippen LogP contribution in [0.3, 0.4) is 0 Å². The van der Waals surface area contributed by atoms with E-state index in [0.29, 0.717) is 66.1 Å². The summed E-state index contributed by atoms with van der Waals surface area (Å²) >= 11 is 0. The van der Waals surface area contributed by atoms with Gasteiger partial charge in [0.1, 0.15) is 0 Å². The van der Waals surface area contributed by atoms with E-state index >= 15 is 0 Å². The molecule has 0 heterocycles. The van der Waals surface area contributed by atoms with Crippen LogP contribution in [0, 0.1) is 5.92 Å². The molecular weight excluding hydrogens is 276 g/mol. The molecule has 0 bridgehead atoms. The van der Waals surface area contributed by atoms with Gasteiger partial charge in [-0.3, -0.25) is 0 Å². The zero-order chi connectivity index (χ0) is 15.6. The lowest BCUT2D eigenvalue weighted by Gasteiger charge is -2.17. The predicted molar refractivity (Wildman–Crippen MR) is 80.7 cm³/mol. The van der Waals surface area contributed by atoms with Crippen LogP contribution in [-0.2, 0) is 28.4 Å². The largest absolute Gasteiger partial charge is 0.382 e. The van der Waals surface area contributed by atoms with Crippen LogP contribution in [0.15, 0.2) is 12.7 Å². The zero-order valence-electron chi connectivity index (χ0n) is 13.4. The molecule has 0 aromatic rings. The van der Waals surface area contributed by atoms with Gasteiger partial charge in [-0.25, -0.2) is 0 Å². The SMILES string of the molecule is C=CCOCCOCC(COCCOC)COCCOC. The van der Waals surface area contributed by atoms with E-state index in [4.69, 9.17) is 28.4 Å². The third-order valence-electron chi connectivity index (χ3n) is 2.53. The molecule has 0 aliphatic carbocycles. The summed E-state index contributed by atoms with van der Waals surface area (Å²) in [6.45, 7) is 9.34. The Labute approximate surface area is 128 Å². The fourth-order valence-electron chi connectivity index (χ4n) is 1.46. The summed E-state index contributed by atoms with van der Waals surface area (Å²) < 4.78 is 31.8. The molecule has 0 rings (SSSR count). The molecule has 6 heteroatoms. The first kappa shape index (κ1) is 20.5. The first-order valence-corrected chi connectivity index (χ1v) is 7.24. The molecule has 0 amide bonds. The molecule has 6 nitrogen and oxygen atoms in total. The monoisotopic (exact) mass is 306 g/mol. The van der Waals surface area contributed by atoms with Crippen molar-refractivity contribution in [2.45, 2.75) is 0 Å². The Kier molecular flexibility index (Phi) is 17.1. The van der Waals surface area contributed by atoms with E-state index in [2.05, 4.69) is 6.58 Å². The van der Waals surface area contributed by atoms with Crippen LogP contribution in [0.25, 0.3) is 0 Å². The maximum absolute atomic E-state index is 5.57. The molecule has 0 saturated carbocycles. The van der Waals surface area contributed by atoms with Gasteiger partial charge in [0.15, 0.2) is 0 Å². The molecule has 0 aromatic carbocycles. The Hall–Kier alpha value is -0.500. The quantitative estimate of drug-likeness (QED) is 0.297. The Morgan fingerprint density at radius 3 is 1.57 bits per heavy atom. The lowest BCUT2D eigenvalue weighted by Crippen LogP contribution is -2.24. The van der Waals surface area contributed by atoms with E-state index in [9.17, 15) is 0 Å². The van der Waals surface area contributed by atoms with Gasteiger partial charge in [-0.2, -0.15) is 0 Å². The van der Waals surface area contributed by atoms with Crippen molar-refractivity contribution in [2.24, 2.45) is 5.92 Å². The number of methoxy groups -OCH3 is 2. The Balaban J connectivity index is 3.69. The van der Waals surface area contributed by atoms with E-state index < -0.39 is 0 Å². The summed E-state index contributed by atoms with van der Waals surface area (Å²) in [6, 6.07) is 0. The van der Waals surface area contributed by atoms with Gasteiger partial charge in [-0.15, -0.1) is 6.58 Å². The highest BCUT2D eigenvalue weighted by molar-refractivity contribution is 4.63.